The van der Waals surface area contributed by atoms with Crippen molar-refractivity contribution >= 4 is 25.3 Å². The molecule has 0 aromatic heterocycles. The molecule has 0 atom stereocenters. The van der Waals surface area contributed by atoms with E-state index in [1.807, 2.05) is 13.8 Å². The molecule has 0 saturated heterocycles. The SMILES string of the molecule is CC(=O)NCCNC(=O)C(C)C.S.[HH].[HH]. The van der Waals surface area contributed by atoms with Gasteiger partial charge in [0.25, 0.3) is 0 Å². The van der Waals surface area contributed by atoms with E-state index >= 15 is 0 Å². The summed E-state index contributed by atoms with van der Waals surface area (Å²) in [5, 5.41) is 5.27. The van der Waals surface area contributed by atoms with E-state index in [4.69, 9.17) is 0 Å². The normalized spacial score (nSPS) is 8.92. The molecule has 0 unspecified atom stereocenters. The Morgan fingerprint density at radius 3 is 2.08 bits per heavy atom. The summed E-state index contributed by atoms with van der Waals surface area (Å²) >= 11 is 0. The third-order valence-corrected chi connectivity index (χ3v) is 1.32. The fourth-order valence-corrected chi connectivity index (χ4v) is 0.628. The van der Waals surface area contributed by atoms with Gasteiger partial charge in [0.15, 0.2) is 0 Å². The lowest BCUT2D eigenvalue weighted by atomic mass is 10.2. The molecule has 0 radical (unpaired) electrons. The first-order chi connectivity index (χ1) is 5.54. The number of carbonyl (C=O) groups excluding carboxylic acids is 2. The summed E-state index contributed by atoms with van der Waals surface area (Å²) in [7, 11) is 0. The zero-order chi connectivity index (χ0) is 9.56. The van der Waals surface area contributed by atoms with Gasteiger partial charge in [-0.3, -0.25) is 9.59 Å². The third kappa shape index (κ3) is 9.20. The second-order valence-electron chi connectivity index (χ2n) is 2.93. The zero-order valence-electron chi connectivity index (χ0n) is 8.31. The van der Waals surface area contributed by atoms with Gasteiger partial charge in [0, 0.05) is 28.8 Å². The Balaban J connectivity index is -0.000000202. The molecule has 0 aliphatic carbocycles. The Morgan fingerprint density at radius 2 is 1.69 bits per heavy atom. The van der Waals surface area contributed by atoms with Crippen LogP contribution in [0.2, 0.25) is 0 Å². The van der Waals surface area contributed by atoms with Gasteiger partial charge in [-0.2, -0.15) is 13.5 Å². The van der Waals surface area contributed by atoms with Crippen LogP contribution in [0.25, 0.3) is 0 Å². The Labute approximate surface area is 88.9 Å². The Morgan fingerprint density at radius 1 is 1.23 bits per heavy atom. The highest BCUT2D eigenvalue weighted by molar-refractivity contribution is 7.59. The molecule has 0 aliphatic rings. The topological polar surface area (TPSA) is 58.2 Å². The number of carbonyl (C=O) groups is 2. The molecule has 0 aromatic carbocycles. The van der Waals surface area contributed by atoms with Crippen molar-refractivity contribution in [2.45, 2.75) is 20.8 Å². The van der Waals surface area contributed by atoms with Crippen LogP contribution in [-0.4, -0.2) is 24.9 Å². The number of hydrogen-bond donors (Lipinski definition) is 2. The smallest absolute Gasteiger partial charge is 0.222 e. The van der Waals surface area contributed by atoms with Gasteiger partial charge in [0.05, 0.1) is 0 Å². The van der Waals surface area contributed by atoms with Crippen molar-refractivity contribution in [3.05, 3.63) is 0 Å². The van der Waals surface area contributed by atoms with Crippen molar-refractivity contribution in [3.8, 4) is 0 Å². The standard InChI is InChI=1S/C8H16N2O2.H2S.2H2/c1-6(2)8(12)10-5-4-9-7(3)11;;;/h6H,4-5H2,1-3H3,(H,9,11)(H,10,12);1H2;2*1H. The number of rotatable bonds is 4. The summed E-state index contributed by atoms with van der Waals surface area (Å²) < 4.78 is 0. The average molecular weight is 210 g/mol. The summed E-state index contributed by atoms with van der Waals surface area (Å²) in [6.45, 7) is 6.09. The van der Waals surface area contributed by atoms with E-state index in [9.17, 15) is 9.59 Å². The molecule has 82 valence electrons. The van der Waals surface area contributed by atoms with Gasteiger partial charge in [-0.25, -0.2) is 0 Å². The number of amides is 2. The molecule has 0 heterocycles. The molecule has 0 spiro atoms. The van der Waals surface area contributed by atoms with Crippen LogP contribution in [-0.2, 0) is 9.59 Å². The summed E-state index contributed by atoms with van der Waals surface area (Å²) in [6, 6.07) is 0. The predicted octanol–water partition coefficient (Wildman–Crippen LogP) is 0.499. The molecule has 4 nitrogen and oxygen atoms in total. The highest BCUT2D eigenvalue weighted by atomic mass is 32.1. The first kappa shape index (κ1) is 14.8. The van der Waals surface area contributed by atoms with E-state index in [2.05, 4.69) is 10.6 Å². The minimum absolute atomic E-state index is 0. The van der Waals surface area contributed by atoms with Crippen LogP contribution in [0.4, 0.5) is 0 Å². The van der Waals surface area contributed by atoms with Gasteiger partial charge >= 0.3 is 0 Å². The molecule has 0 saturated carbocycles. The predicted molar refractivity (Wildman–Crippen MR) is 61.1 cm³/mol. The highest BCUT2D eigenvalue weighted by Crippen LogP contribution is 1.88. The summed E-state index contributed by atoms with van der Waals surface area (Å²) in [6.07, 6.45) is 0. The summed E-state index contributed by atoms with van der Waals surface area (Å²) in [4.78, 5) is 21.4. The van der Waals surface area contributed by atoms with E-state index in [1.165, 1.54) is 6.92 Å². The average Bonchev–Trinajstić information content (AvgIpc) is 1.97. The molecule has 0 aromatic rings. The molecule has 2 amide bonds. The maximum Gasteiger partial charge on any atom is 0.222 e. The lowest BCUT2D eigenvalue weighted by Gasteiger charge is -2.07. The van der Waals surface area contributed by atoms with Gasteiger partial charge in [0.1, 0.15) is 0 Å². The quantitative estimate of drug-likeness (QED) is 0.664. The number of hydrogen-bond acceptors (Lipinski definition) is 2. The van der Waals surface area contributed by atoms with Crippen molar-refractivity contribution in [2.75, 3.05) is 13.1 Å². The zero-order valence-corrected chi connectivity index (χ0v) is 9.31. The van der Waals surface area contributed by atoms with Crippen LogP contribution in [0.5, 0.6) is 0 Å². The van der Waals surface area contributed by atoms with Gasteiger partial charge in [-0.1, -0.05) is 13.8 Å². The van der Waals surface area contributed by atoms with Gasteiger partial charge < -0.3 is 10.6 Å². The molecule has 0 bridgehead atoms. The van der Waals surface area contributed by atoms with Gasteiger partial charge in [0.2, 0.25) is 11.8 Å². The molecule has 5 heteroatoms. The summed E-state index contributed by atoms with van der Waals surface area (Å²) in [5.41, 5.74) is 0. The maximum absolute atomic E-state index is 11.0. The molecule has 2 N–H and O–H groups in total. The second-order valence-corrected chi connectivity index (χ2v) is 2.93. The van der Waals surface area contributed by atoms with E-state index < -0.39 is 0 Å². The van der Waals surface area contributed by atoms with Crippen molar-refractivity contribution in [1.82, 2.24) is 10.6 Å². The summed E-state index contributed by atoms with van der Waals surface area (Å²) in [5.74, 6) is -0.0588. The highest BCUT2D eigenvalue weighted by Gasteiger charge is 2.04. The van der Waals surface area contributed by atoms with Crippen LogP contribution in [0.1, 0.15) is 23.6 Å². The van der Waals surface area contributed by atoms with Crippen LogP contribution in [0, 0.1) is 5.92 Å². The third-order valence-electron chi connectivity index (χ3n) is 1.32. The van der Waals surface area contributed by atoms with E-state index in [0.717, 1.165) is 0 Å². The van der Waals surface area contributed by atoms with Crippen molar-refractivity contribution in [3.63, 3.8) is 0 Å². The minimum Gasteiger partial charge on any atom is -0.355 e. The van der Waals surface area contributed by atoms with Crippen molar-refractivity contribution in [1.29, 1.82) is 0 Å². The van der Waals surface area contributed by atoms with Crippen LogP contribution in [0.15, 0.2) is 0 Å². The maximum atomic E-state index is 11.0. The molecular weight excluding hydrogens is 188 g/mol. The van der Waals surface area contributed by atoms with E-state index in [1.54, 1.807) is 0 Å². The monoisotopic (exact) mass is 210 g/mol. The second kappa shape index (κ2) is 7.91. The van der Waals surface area contributed by atoms with Gasteiger partial charge in [-0.15, -0.1) is 0 Å². The molecule has 0 rings (SSSR count). The first-order valence-electron chi connectivity index (χ1n) is 4.06. The lowest BCUT2D eigenvalue weighted by Crippen LogP contribution is -2.35. The number of nitrogens with one attached hydrogen (secondary N) is 2. The van der Waals surface area contributed by atoms with Crippen LogP contribution in [0.3, 0.4) is 0 Å². The molecular formula is C8H22N2O2S. The van der Waals surface area contributed by atoms with E-state index in [0.29, 0.717) is 13.1 Å². The van der Waals surface area contributed by atoms with E-state index in [-0.39, 0.29) is 34.1 Å². The van der Waals surface area contributed by atoms with Crippen molar-refractivity contribution < 1.29 is 12.4 Å². The van der Waals surface area contributed by atoms with Gasteiger partial charge in [-0.05, 0) is 0 Å². The Kier molecular flexibility index (Phi) is 9.01. The molecule has 0 aliphatic heterocycles. The fourth-order valence-electron chi connectivity index (χ4n) is 0.628. The Bertz CT molecular complexity index is 180. The minimum atomic E-state index is -0.0752. The fraction of sp³-hybridized carbons (Fsp3) is 0.750. The molecule has 13 heavy (non-hydrogen) atoms. The first-order valence-corrected chi connectivity index (χ1v) is 4.06. The Hall–Kier alpha value is -0.710. The van der Waals surface area contributed by atoms with Crippen LogP contribution >= 0.6 is 13.5 Å². The molecule has 0 fully saturated rings. The van der Waals surface area contributed by atoms with Crippen molar-refractivity contribution in [2.24, 2.45) is 5.92 Å². The lowest BCUT2D eigenvalue weighted by molar-refractivity contribution is -0.124. The van der Waals surface area contributed by atoms with Crippen LogP contribution < -0.4 is 10.6 Å². The largest absolute Gasteiger partial charge is 0.355 e.